The third-order valence-corrected chi connectivity index (χ3v) is 46.1. The molecule has 0 aromatic carbocycles. The predicted octanol–water partition coefficient (Wildman–Crippen LogP) is 25.8. The van der Waals surface area contributed by atoms with Crippen LogP contribution >= 0.6 is 0 Å². The molecule has 42 fully saturated rings. The van der Waals surface area contributed by atoms with Gasteiger partial charge in [-0.25, -0.2) is 0 Å². The van der Waals surface area contributed by atoms with E-state index in [1.807, 2.05) is 0 Å². The molecule has 100 heavy (non-hydrogen) atoms. The van der Waals surface area contributed by atoms with Crippen molar-refractivity contribution in [2.75, 3.05) is 0 Å². The van der Waals surface area contributed by atoms with E-state index < -0.39 is 0 Å². The smallest absolute Gasteiger partial charge is 0.0266 e. The first kappa shape index (κ1) is 62.7. The Morgan fingerprint density at radius 2 is 0.430 bits per heavy atom. The SMILES string of the molecule is C12C3C4C1C1C2C3C41.C1C2CC3C1C3C2.C1C2CC3CC1CC(C2)C3.C1C2CC3CC1CC3C2.C1CC2C3C(C1)C23.C1CC2C3C1C23.C1CC2C3CCC(C3)C2C1.C1CC2CC1C1C3CCC(C3)C21.C1CC2CC1C1CCC21.C1CC2CC3CCCC3(C1)C2.C1CCC2C3CCC2C(C1)C3. The molecule has 42 saturated carbocycles. The quantitative estimate of drug-likeness (QED) is 0.212. The van der Waals surface area contributed by atoms with Crippen LogP contribution in [0.25, 0.3) is 0 Å². The highest BCUT2D eigenvalue weighted by Gasteiger charge is 2.97. The zero-order valence-electron chi connectivity index (χ0n) is 64.3. The number of rotatable bonds is 0. The molecule has 0 aliphatic heterocycles. The third kappa shape index (κ3) is 9.66. The Morgan fingerprint density at radius 1 is 0.140 bits per heavy atom. The predicted molar refractivity (Wildman–Crippen MR) is 405 cm³/mol. The van der Waals surface area contributed by atoms with E-state index in [4.69, 9.17) is 0 Å². The lowest BCUT2D eigenvalue weighted by Gasteiger charge is -3.03. The maximum absolute atomic E-state index is 1.64. The maximum Gasteiger partial charge on any atom is -0.0266 e. The van der Waals surface area contributed by atoms with Gasteiger partial charge in [0.05, 0.1) is 0 Å². The third-order valence-electron chi connectivity index (χ3n) is 46.1. The van der Waals surface area contributed by atoms with Gasteiger partial charge in [-0.05, 0) is 566 Å². The molecule has 0 heteroatoms. The van der Waals surface area contributed by atoms with Gasteiger partial charge < -0.3 is 0 Å². The molecule has 0 N–H and O–H groups in total. The van der Waals surface area contributed by atoms with Gasteiger partial charge in [-0.2, -0.15) is 0 Å². The molecule has 42 aliphatic carbocycles. The highest BCUT2D eigenvalue weighted by atomic mass is 15.0. The van der Waals surface area contributed by atoms with Crippen molar-refractivity contribution in [3.8, 4) is 0 Å². The molecule has 19 unspecified atom stereocenters. The van der Waals surface area contributed by atoms with Crippen LogP contribution in [0.3, 0.4) is 0 Å². The van der Waals surface area contributed by atoms with Crippen LogP contribution < -0.4 is 0 Å². The van der Waals surface area contributed by atoms with Gasteiger partial charge in [0, 0.05) is 0 Å². The van der Waals surface area contributed by atoms with Crippen molar-refractivity contribution >= 4 is 0 Å². The van der Waals surface area contributed by atoms with E-state index in [2.05, 4.69) is 0 Å². The van der Waals surface area contributed by atoms with Crippen molar-refractivity contribution in [2.45, 2.75) is 327 Å². The zero-order chi connectivity index (χ0) is 64.3. The van der Waals surface area contributed by atoms with E-state index in [1.54, 1.807) is 327 Å². The van der Waals surface area contributed by atoms with Gasteiger partial charge in [-0.3, -0.25) is 0 Å². The van der Waals surface area contributed by atoms with E-state index in [0.717, 1.165) is 11.3 Å². The molecule has 0 saturated heterocycles. The Balaban J connectivity index is 0.0000000639. The lowest BCUT2D eigenvalue weighted by molar-refractivity contribution is -0.565. The van der Waals surface area contributed by atoms with Gasteiger partial charge in [0.2, 0.25) is 0 Å². The molecular weight excluding hydrogens is 1200 g/mol. The average Bonchev–Trinajstić information content (AvgIpc) is 0.884. The molecule has 19 atom stereocenters. The molecule has 42 rings (SSSR count). The Bertz CT molecular complexity index is 2690. The van der Waals surface area contributed by atoms with Gasteiger partial charge in [0.25, 0.3) is 0 Å². The van der Waals surface area contributed by atoms with Crippen molar-refractivity contribution < 1.29 is 0 Å². The van der Waals surface area contributed by atoms with Gasteiger partial charge in [-0.15, -0.1) is 0 Å². The van der Waals surface area contributed by atoms with Crippen LogP contribution in [0.1, 0.15) is 327 Å². The fraction of sp³-hybridized carbons (Fsp3) is 1.00. The molecule has 0 heterocycles. The number of hydrogen-bond acceptors (Lipinski definition) is 0. The van der Waals surface area contributed by atoms with Gasteiger partial charge in [0.1, 0.15) is 0 Å². The second kappa shape index (κ2) is 23.5. The van der Waals surface area contributed by atoms with Crippen molar-refractivity contribution in [2.24, 2.45) is 289 Å². The molecule has 0 nitrogen and oxygen atoms in total. The molecule has 550 valence electrons. The van der Waals surface area contributed by atoms with Crippen LogP contribution in [-0.4, -0.2) is 0 Å². The average molecular weight is 1350 g/mol. The standard InChI is InChI=1S/C12H18.2C11H18.2C10H16.2C9H14.C8H8.2C7H10.C6H8/c1-2-8-5-7(1)11-9-3-4-10(6-9)12(8)11;1-3-9-7-10-4-2-6-11(10,5-1)8-9;1-2-4-10-9-5-6-11(10)8(3-1)7-9;1-7-2-9-4-8(1)5-10(3-7)6-9;1-2-9-7-4-5-8(6-7)10(9)3-1;1-6-2-8-4-7(1)5-9(8)3-6;1-2-7-5-6(1)8-3-4-9(7)8;1-2-5-3(1)7-4(1)6(2)8(5)7;1-4-2-6-5(1)7(6)3-4;1-2-4-6-5(3-1)7(4)6;1-2-4-5-3(1)6(4)5/h7-12H,1-6H2;9-10H,1-8H2;8-11H,1-7H2;2*7-10H,1-6H2;2*6-9H,1-5H2;1-8H;2*4-7H,1-3H2;3-6H,1-2H2. The molecular formula is C100H150. The van der Waals surface area contributed by atoms with Crippen LogP contribution in [0, 0.1) is 289 Å². The van der Waals surface area contributed by atoms with Crippen molar-refractivity contribution in [3.63, 3.8) is 0 Å². The van der Waals surface area contributed by atoms with Gasteiger partial charge in [-0.1, -0.05) is 51.4 Å². The van der Waals surface area contributed by atoms with E-state index >= 15 is 0 Å². The van der Waals surface area contributed by atoms with Crippen LogP contribution in [0.2, 0.25) is 0 Å². The van der Waals surface area contributed by atoms with Crippen LogP contribution in [-0.2, 0) is 0 Å². The Kier molecular flexibility index (Phi) is 14.8. The number of fused-ring (bicyclic) bond motifs is 23. The molecule has 0 aromatic rings. The minimum absolute atomic E-state index is 0.906. The van der Waals surface area contributed by atoms with Crippen LogP contribution in [0.4, 0.5) is 0 Å². The lowest BCUT2D eigenvalue weighted by Crippen LogP contribution is -3.00. The molecule has 0 radical (unpaired) electrons. The van der Waals surface area contributed by atoms with Crippen molar-refractivity contribution in [3.05, 3.63) is 0 Å². The zero-order valence-corrected chi connectivity index (χ0v) is 64.3. The summed E-state index contributed by atoms with van der Waals surface area (Å²) in [4.78, 5) is 0. The Hall–Kier alpha value is 0. The summed E-state index contributed by atoms with van der Waals surface area (Å²) >= 11 is 0. The maximum atomic E-state index is 1.64. The van der Waals surface area contributed by atoms with Crippen molar-refractivity contribution in [1.29, 1.82) is 0 Å². The van der Waals surface area contributed by atoms with Crippen LogP contribution in [0.5, 0.6) is 0 Å². The summed E-state index contributed by atoms with van der Waals surface area (Å²) in [6.07, 6.45) is 81.4. The summed E-state index contributed by atoms with van der Waals surface area (Å²) in [6, 6.07) is 0. The topological polar surface area (TPSA) is 0 Å². The van der Waals surface area contributed by atoms with E-state index in [0.29, 0.717) is 0 Å². The highest BCUT2D eigenvalue weighted by Crippen LogP contribution is 3.01. The molecule has 30 bridgehead atoms. The molecule has 1 spiro atoms. The summed E-state index contributed by atoms with van der Waals surface area (Å²) in [5, 5.41) is 0. The number of hydrogen-bond donors (Lipinski definition) is 0. The first-order chi connectivity index (χ1) is 49.4. The summed E-state index contributed by atoms with van der Waals surface area (Å²) in [7, 11) is 0. The second-order valence-electron chi connectivity index (χ2n) is 48.7. The second-order valence-corrected chi connectivity index (χ2v) is 48.7. The largest absolute Gasteiger partial charge is 0.0530 e. The van der Waals surface area contributed by atoms with E-state index in [-0.39, 0.29) is 0 Å². The Morgan fingerprint density at radius 3 is 0.790 bits per heavy atom. The van der Waals surface area contributed by atoms with E-state index in [9.17, 15) is 0 Å². The molecule has 0 aromatic heterocycles. The monoisotopic (exact) mass is 1350 g/mol. The van der Waals surface area contributed by atoms with Gasteiger partial charge >= 0.3 is 0 Å². The Labute approximate surface area is 613 Å². The first-order valence-electron chi connectivity index (χ1n) is 49.4. The van der Waals surface area contributed by atoms with Gasteiger partial charge in [0.15, 0.2) is 0 Å². The van der Waals surface area contributed by atoms with Crippen molar-refractivity contribution in [1.82, 2.24) is 0 Å². The summed E-state index contributed by atoms with van der Waals surface area (Å²) in [5.74, 6) is 59.4. The van der Waals surface area contributed by atoms with Crippen LogP contribution in [0.15, 0.2) is 0 Å². The fourth-order valence-electron chi connectivity index (χ4n) is 42.8. The van der Waals surface area contributed by atoms with E-state index in [1.165, 1.54) is 278 Å². The summed E-state index contributed by atoms with van der Waals surface area (Å²) in [5.41, 5.74) is 0.906. The lowest BCUT2D eigenvalue weighted by atomic mass is 9.01. The normalized spacial score (nSPS) is 66.0. The summed E-state index contributed by atoms with van der Waals surface area (Å²) < 4.78 is 0. The first-order valence-corrected chi connectivity index (χ1v) is 49.4. The fourth-order valence-corrected chi connectivity index (χ4v) is 42.8. The highest BCUT2D eigenvalue weighted by molar-refractivity contribution is 5.44. The summed E-state index contributed by atoms with van der Waals surface area (Å²) in [6.45, 7) is 0. The molecule has 0 amide bonds. The minimum atomic E-state index is 0.906. The minimum Gasteiger partial charge on any atom is -0.0530 e. The molecule has 42 aliphatic rings.